The fraction of sp³-hybridized carbons (Fsp3) is 0.535. The third-order valence-corrected chi connectivity index (χ3v) is 14.6. The number of carbonyl (C=O) groups excluding carboxylic acids is 4. The molecule has 0 radical (unpaired) electrons. The van der Waals surface area contributed by atoms with Crippen molar-refractivity contribution in [3.63, 3.8) is 0 Å². The van der Waals surface area contributed by atoms with Crippen molar-refractivity contribution in [1.29, 1.82) is 0 Å². The predicted octanol–water partition coefficient (Wildman–Crippen LogP) is 4.39. The molecule has 2 N–H and O–H groups in total. The molecule has 2 saturated heterocycles. The van der Waals surface area contributed by atoms with E-state index in [1.165, 1.54) is 11.0 Å². The first-order chi connectivity index (χ1) is 27.6. The summed E-state index contributed by atoms with van der Waals surface area (Å²) in [6, 6.07) is 11.8. The lowest BCUT2D eigenvalue weighted by molar-refractivity contribution is -0.149. The molecule has 58 heavy (non-hydrogen) atoms. The number of ether oxygens (including phenoxy) is 2. The third-order valence-electron chi connectivity index (χ3n) is 12.7. The first-order valence-corrected chi connectivity index (χ1v) is 21.8. The molecule has 4 heterocycles. The van der Waals surface area contributed by atoms with E-state index >= 15 is 0 Å². The van der Waals surface area contributed by atoms with E-state index in [1.54, 1.807) is 31.5 Å². The highest BCUT2D eigenvalue weighted by Gasteiger charge is 2.62. The van der Waals surface area contributed by atoms with Crippen molar-refractivity contribution >= 4 is 44.6 Å². The van der Waals surface area contributed by atoms with Crippen LogP contribution in [-0.2, 0) is 29.2 Å². The second-order valence-electron chi connectivity index (χ2n) is 17.8. The van der Waals surface area contributed by atoms with Crippen molar-refractivity contribution in [3.8, 4) is 22.9 Å². The van der Waals surface area contributed by atoms with Gasteiger partial charge < -0.3 is 24.6 Å². The van der Waals surface area contributed by atoms with Crippen molar-refractivity contribution in [2.75, 3.05) is 20.2 Å². The lowest BCUT2D eigenvalue weighted by atomic mass is 9.77. The second kappa shape index (κ2) is 15.0. The molecule has 5 fully saturated rings. The molecular formula is C43H52N6O8S. The van der Waals surface area contributed by atoms with Crippen LogP contribution in [0.3, 0.4) is 0 Å². The molecule has 2 unspecified atom stereocenters. The smallest absolute Gasteiger partial charge is 0.259 e. The molecule has 3 aliphatic carbocycles. The number of sulfonamides is 1. The van der Waals surface area contributed by atoms with Crippen LogP contribution >= 0.6 is 0 Å². The van der Waals surface area contributed by atoms with Crippen LogP contribution in [0.25, 0.3) is 22.3 Å². The largest absolute Gasteiger partial charge is 0.497 e. The van der Waals surface area contributed by atoms with E-state index in [-0.39, 0.29) is 43.7 Å². The van der Waals surface area contributed by atoms with E-state index in [0.717, 1.165) is 19.3 Å². The van der Waals surface area contributed by atoms with Crippen LogP contribution in [0.15, 0.2) is 61.3 Å². The van der Waals surface area contributed by atoms with Gasteiger partial charge in [-0.1, -0.05) is 32.9 Å². The Morgan fingerprint density at radius 3 is 2.43 bits per heavy atom. The topological polar surface area (TPSA) is 177 Å². The van der Waals surface area contributed by atoms with Crippen LogP contribution in [0.1, 0.15) is 72.1 Å². The highest BCUT2D eigenvalue weighted by molar-refractivity contribution is 7.91. The number of amides is 4. The number of nitrogens with zero attached hydrogens (tertiary/aromatic N) is 4. The van der Waals surface area contributed by atoms with Gasteiger partial charge in [-0.15, -0.1) is 6.58 Å². The van der Waals surface area contributed by atoms with Crippen LogP contribution in [0, 0.1) is 23.2 Å². The minimum atomic E-state index is -3.90. The minimum Gasteiger partial charge on any atom is -0.497 e. The summed E-state index contributed by atoms with van der Waals surface area (Å²) in [5.41, 5.74) is -0.419. The Hall–Kier alpha value is -5.05. The molecule has 0 spiro atoms. The first-order valence-electron chi connectivity index (χ1n) is 20.3. The number of benzene rings is 1. The number of methoxy groups -OCH3 is 1. The summed E-state index contributed by atoms with van der Waals surface area (Å²) in [6.45, 7) is 10.3. The summed E-state index contributed by atoms with van der Waals surface area (Å²) in [7, 11) is -2.33. The maximum Gasteiger partial charge on any atom is 0.259 e. The van der Waals surface area contributed by atoms with Crippen molar-refractivity contribution < 1.29 is 37.1 Å². The Kier molecular flexibility index (Phi) is 10.3. The van der Waals surface area contributed by atoms with E-state index in [9.17, 15) is 27.6 Å². The summed E-state index contributed by atoms with van der Waals surface area (Å²) < 4.78 is 40.1. The summed E-state index contributed by atoms with van der Waals surface area (Å²) in [6.07, 6.45) is 6.75. The first kappa shape index (κ1) is 39.8. The molecule has 2 aliphatic heterocycles. The van der Waals surface area contributed by atoms with E-state index < -0.39 is 62.0 Å². The molecule has 3 aromatic rings. The van der Waals surface area contributed by atoms with Crippen LogP contribution in [0.2, 0.25) is 0 Å². The zero-order valence-corrected chi connectivity index (χ0v) is 34.3. The highest BCUT2D eigenvalue weighted by atomic mass is 32.2. The van der Waals surface area contributed by atoms with E-state index in [2.05, 4.69) is 21.6 Å². The number of piperidine rings is 1. The fourth-order valence-corrected chi connectivity index (χ4v) is 10.5. The van der Waals surface area contributed by atoms with Crippen LogP contribution < -0.4 is 19.5 Å². The summed E-state index contributed by atoms with van der Waals surface area (Å²) in [5.74, 6) is -1.56. The van der Waals surface area contributed by atoms with Crippen molar-refractivity contribution in [3.05, 3.63) is 61.3 Å². The number of aromatic nitrogens is 2. The summed E-state index contributed by atoms with van der Waals surface area (Å²) in [4.78, 5) is 69.8. The van der Waals surface area contributed by atoms with Gasteiger partial charge in [0.2, 0.25) is 27.7 Å². The Bertz CT molecular complexity index is 2260. The van der Waals surface area contributed by atoms with Crippen LogP contribution in [0.4, 0.5) is 0 Å². The Morgan fingerprint density at radius 1 is 1.02 bits per heavy atom. The number of hydrogen-bond acceptors (Lipinski definition) is 10. The second-order valence-corrected chi connectivity index (χ2v) is 19.7. The molecule has 2 bridgehead atoms. The van der Waals surface area contributed by atoms with Gasteiger partial charge in [0.1, 0.15) is 29.2 Å². The molecular weight excluding hydrogens is 761 g/mol. The Morgan fingerprint density at radius 2 is 1.81 bits per heavy atom. The van der Waals surface area contributed by atoms with Gasteiger partial charge >= 0.3 is 0 Å². The zero-order chi connectivity index (χ0) is 41.1. The SMILES string of the molecule is C=C[C@@H]1C[C@]1(NC(=O)[C@@H]1C[C@@H](Oc2cc(-c3ccccn3)nc3cc(OC)ccc23)CN1C(=O)[C@@H](CC(=O)N1CC2CCC1C2)C(C)(C)C)C(=O)NS(=O)(=O)C1CC1. The van der Waals surface area contributed by atoms with Gasteiger partial charge in [0.05, 0.1) is 41.7 Å². The maximum absolute atomic E-state index is 15.0. The molecule has 8 rings (SSSR count). The number of hydrogen-bond donors (Lipinski definition) is 2. The Balaban J connectivity index is 1.11. The number of likely N-dealkylation sites (tertiary alicyclic amines) is 2. The molecule has 4 amide bonds. The predicted molar refractivity (Wildman–Crippen MR) is 216 cm³/mol. The van der Waals surface area contributed by atoms with E-state index in [0.29, 0.717) is 59.1 Å². The summed E-state index contributed by atoms with van der Waals surface area (Å²) in [5, 5.41) is 2.92. The number of carbonyl (C=O) groups is 4. The van der Waals surface area contributed by atoms with Gasteiger partial charge in [0, 0.05) is 55.1 Å². The number of rotatable bonds is 13. The number of fused-ring (bicyclic) bond motifs is 3. The zero-order valence-electron chi connectivity index (χ0n) is 33.5. The standard InChI is InChI=1S/C43H52N6O8S/c1-6-26-22-43(26,41(53)47-58(54,55)30-13-14-30)46-39(51)36-19-29(24-49(36)40(52)32(42(2,3)4)20-38(50)48-23-25-10-11-27(48)17-25)57-37-21-35(33-9-7-8-16-44-33)45-34-18-28(56-5)12-15-31(34)37/h6-9,12,15-16,18,21,25-27,29-30,32,36H,1,10-11,13-14,17,19-20,22-24H2,2-5H3,(H,46,51)(H,47,53)/t25?,26-,27?,29-,32-,36+,43-/m1/s1. The lowest BCUT2D eigenvalue weighted by Gasteiger charge is -2.36. The normalized spacial score (nSPS) is 26.9. The average molecular weight is 813 g/mol. The van der Waals surface area contributed by atoms with Crippen molar-refractivity contribution in [2.24, 2.45) is 23.2 Å². The molecule has 2 aromatic heterocycles. The average Bonchev–Trinajstić information content (AvgIpc) is 4.04. The fourth-order valence-electron chi connectivity index (χ4n) is 9.11. The lowest BCUT2D eigenvalue weighted by Crippen LogP contribution is -2.57. The van der Waals surface area contributed by atoms with Crippen molar-refractivity contribution in [1.82, 2.24) is 29.8 Å². The van der Waals surface area contributed by atoms with Crippen LogP contribution in [-0.4, -0.2) is 101 Å². The van der Waals surface area contributed by atoms with E-state index in [1.807, 2.05) is 49.9 Å². The third kappa shape index (κ3) is 7.64. The highest BCUT2D eigenvalue weighted by Crippen LogP contribution is 2.46. The van der Waals surface area contributed by atoms with Gasteiger partial charge in [0.15, 0.2) is 0 Å². The van der Waals surface area contributed by atoms with Gasteiger partial charge in [-0.05, 0) is 74.1 Å². The van der Waals surface area contributed by atoms with E-state index in [4.69, 9.17) is 14.5 Å². The minimum absolute atomic E-state index is 0.00388. The molecule has 5 aliphatic rings. The van der Waals surface area contributed by atoms with Gasteiger partial charge in [-0.3, -0.25) is 28.9 Å². The molecule has 7 atom stereocenters. The quantitative estimate of drug-likeness (QED) is 0.236. The van der Waals surface area contributed by atoms with Gasteiger partial charge in [-0.2, -0.15) is 0 Å². The number of pyridine rings is 2. The molecule has 308 valence electrons. The molecule has 1 aromatic carbocycles. The van der Waals surface area contributed by atoms with Gasteiger partial charge in [-0.25, -0.2) is 13.4 Å². The monoisotopic (exact) mass is 812 g/mol. The van der Waals surface area contributed by atoms with Crippen LogP contribution in [0.5, 0.6) is 11.5 Å². The summed E-state index contributed by atoms with van der Waals surface area (Å²) >= 11 is 0. The maximum atomic E-state index is 15.0. The molecule has 14 nitrogen and oxygen atoms in total. The Labute approximate surface area is 339 Å². The molecule has 15 heteroatoms. The van der Waals surface area contributed by atoms with Crippen molar-refractivity contribution in [2.45, 2.75) is 101 Å². The molecule has 3 saturated carbocycles. The number of nitrogens with one attached hydrogen (secondary N) is 2. The van der Waals surface area contributed by atoms with Gasteiger partial charge in [0.25, 0.3) is 5.91 Å².